The van der Waals surface area contributed by atoms with Crippen LogP contribution in [0.2, 0.25) is 0 Å². The van der Waals surface area contributed by atoms with E-state index in [2.05, 4.69) is 5.32 Å². The lowest BCUT2D eigenvalue weighted by Crippen LogP contribution is -2.26. The van der Waals surface area contributed by atoms with Crippen molar-refractivity contribution in [3.8, 4) is 22.5 Å². The molecule has 0 atom stereocenters. The van der Waals surface area contributed by atoms with E-state index in [1.54, 1.807) is 6.07 Å². The molecule has 240 valence electrons. The Morgan fingerprint density at radius 2 is 1.67 bits per heavy atom. The quantitative estimate of drug-likeness (QED) is 0.145. The van der Waals surface area contributed by atoms with Crippen molar-refractivity contribution in [1.82, 2.24) is 9.89 Å². The number of carbonyl (C=O) groups excluding carboxylic acids is 2. The van der Waals surface area contributed by atoms with Gasteiger partial charge in [-0.1, -0.05) is 12.5 Å². The first-order valence-corrected chi connectivity index (χ1v) is 14.0. The number of amides is 1. The number of benzene rings is 3. The lowest BCUT2D eigenvalue weighted by Gasteiger charge is -2.20. The molecule has 0 spiro atoms. The first kappa shape index (κ1) is 34.6. The van der Waals surface area contributed by atoms with Gasteiger partial charge in [0.2, 0.25) is 5.36 Å². The van der Waals surface area contributed by atoms with Crippen LogP contribution in [0.3, 0.4) is 0 Å². The topological polar surface area (TPSA) is 152 Å². The number of carboxylic acids is 2. The van der Waals surface area contributed by atoms with Gasteiger partial charge in [0.1, 0.15) is 25.4 Å². The fourth-order valence-corrected chi connectivity index (χ4v) is 4.53. The summed E-state index contributed by atoms with van der Waals surface area (Å²) < 4.78 is 40.1. The van der Waals surface area contributed by atoms with Gasteiger partial charge in [-0.25, -0.2) is 9.37 Å². The highest BCUT2D eigenvalue weighted by Gasteiger charge is 2.38. The number of nitrogens with two attached hydrogens (primary N) is 1. The van der Waals surface area contributed by atoms with Crippen LogP contribution in [0.5, 0.6) is 0 Å². The van der Waals surface area contributed by atoms with Crippen LogP contribution < -0.4 is 31.0 Å². The predicted octanol–water partition coefficient (Wildman–Crippen LogP) is 3.16. The summed E-state index contributed by atoms with van der Waals surface area (Å²) in [6.07, 6.45) is -2.42. The fourth-order valence-electron chi connectivity index (χ4n) is 4.53. The molecular formula is C32H35F3N4O6. The first-order chi connectivity index (χ1) is 21.1. The monoisotopic (exact) mass is 628 g/mol. The zero-order chi connectivity index (χ0) is 33.5. The van der Waals surface area contributed by atoms with Crippen molar-refractivity contribution >= 4 is 34.5 Å². The van der Waals surface area contributed by atoms with Gasteiger partial charge in [0.05, 0.1) is 12.0 Å². The number of fused-ring (bicyclic) bond motifs is 2. The molecular weight excluding hydrogens is 593 g/mol. The van der Waals surface area contributed by atoms with Crippen LogP contribution in [0.4, 0.5) is 18.9 Å². The van der Waals surface area contributed by atoms with E-state index in [0.29, 0.717) is 41.1 Å². The Kier molecular flexibility index (Phi) is 11.3. The highest BCUT2D eigenvalue weighted by molar-refractivity contribution is 6.09. The Labute approximate surface area is 257 Å². The maximum atomic E-state index is 13.0. The Bertz CT molecular complexity index is 1740. The molecule has 4 rings (SSSR count). The third-order valence-electron chi connectivity index (χ3n) is 6.90. The molecule has 2 aromatic carbocycles. The number of alkyl halides is 3. The largest absolute Gasteiger partial charge is 0.545 e. The summed E-state index contributed by atoms with van der Waals surface area (Å²) in [6.45, 7) is 1.15. The average molecular weight is 629 g/mol. The highest BCUT2D eigenvalue weighted by Crippen LogP contribution is 2.42. The Balaban J connectivity index is 0.000000707. The molecule has 0 fully saturated rings. The minimum absolute atomic E-state index is 0.00617. The number of carboxylic acid groups (broad SMARTS) is 2. The summed E-state index contributed by atoms with van der Waals surface area (Å²) in [7, 11) is 7.78. The molecule has 0 radical (unpaired) electrons. The Hall–Kier alpha value is -4.91. The molecule has 0 saturated heterocycles. The second-order valence-corrected chi connectivity index (χ2v) is 10.6. The van der Waals surface area contributed by atoms with Crippen LogP contribution in [0.15, 0.2) is 59.0 Å². The van der Waals surface area contributed by atoms with Crippen molar-refractivity contribution in [2.45, 2.75) is 25.4 Å². The second-order valence-electron chi connectivity index (χ2n) is 10.6. The fraction of sp³-hybridized carbons (Fsp3) is 0.312. The van der Waals surface area contributed by atoms with E-state index in [-0.39, 0.29) is 11.5 Å². The standard InChI is InChI=1S/C30H34N4O4.C2HF3O2/c1-33(2)20-9-12-23-26(17-20)38-27-18-21(34(3)4)10-13-24(27)28(23)25-16-19(8-11-22(25)30(36)37)29(35)32-15-7-5-6-14-31;3-2(4,5)1(6)7/h8-13,16-18H,5-7,14-15,31H2,1-4H3,(H-,32,35,36,37);(H,6,7). The summed E-state index contributed by atoms with van der Waals surface area (Å²) >= 11 is 0. The van der Waals surface area contributed by atoms with Crippen LogP contribution in [-0.4, -0.2) is 70.4 Å². The normalized spacial score (nSPS) is 11.1. The van der Waals surface area contributed by atoms with Gasteiger partial charge in [0, 0.05) is 66.1 Å². The van der Waals surface area contributed by atoms with Gasteiger partial charge in [-0.2, -0.15) is 13.2 Å². The zero-order valence-corrected chi connectivity index (χ0v) is 25.3. The number of halogens is 3. The molecule has 45 heavy (non-hydrogen) atoms. The van der Waals surface area contributed by atoms with E-state index in [1.807, 2.05) is 74.1 Å². The van der Waals surface area contributed by atoms with Crippen LogP contribution in [0.1, 0.15) is 40.0 Å². The molecule has 1 amide bonds. The molecule has 10 nitrogen and oxygen atoms in total. The summed E-state index contributed by atoms with van der Waals surface area (Å²) in [6, 6.07) is 16.2. The van der Waals surface area contributed by atoms with E-state index in [4.69, 9.17) is 20.1 Å². The van der Waals surface area contributed by atoms with Gasteiger partial charge in [-0.3, -0.25) is 4.79 Å². The smallest absolute Gasteiger partial charge is 0.490 e. The number of aromatic carboxylic acids is 1. The number of nitrogens with one attached hydrogen (secondary N) is 1. The van der Waals surface area contributed by atoms with E-state index < -0.39 is 18.1 Å². The molecule has 0 saturated carbocycles. The number of unbranched alkanes of at least 4 members (excludes halogenated alkanes) is 2. The third-order valence-corrected chi connectivity index (χ3v) is 6.90. The van der Waals surface area contributed by atoms with Crippen molar-refractivity contribution in [2.24, 2.45) is 5.73 Å². The number of anilines is 1. The Morgan fingerprint density at radius 1 is 0.978 bits per heavy atom. The zero-order valence-electron chi connectivity index (χ0n) is 25.3. The molecule has 1 aliphatic carbocycles. The molecule has 4 N–H and O–H groups in total. The molecule has 13 heteroatoms. The van der Waals surface area contributed by atoms with Crippen LogP contribution >= 0.6 is 0 Å². The van der Waals surface area contributed by atoms with Gasteiger partial charge in [0.15, 0.2) is 0 Å². The summed E-state index contributed by atoms with van der Waals surface area (Å²) in [5.41, 5.74) is 9.29. The average Bonchev–Trinajstić information content (AvgIpc) is 2.98. The number of aliphatic carboxylic acids is 1. The number of rotatable bonds is 9. The molecule has 1 heterocycles. The highest BCUT2D eigenvalue weighted by atomic mass is 19.4. The number of nitrogens with zero attached hydrogens (tertiary/aromatic N) is 2. The lowest BCUT2D eigenvalue weighted by molar-refractivity contribution is -0.254. The minimum atomic E-state index is -5.08. The molecule has 0 aromatic heterocycles. The van der Waals surface area contributed by atoms with E-state index in [0.717, 1.165) is 41.3 Å². The molecule has 2 aromatic rings. The second kappa shape index (κ2) is 14.7. The number of hydrogen-bond donors (Lipinski definition) is 3. The molecule has 1 aliphatic heterocycles. The third kappa shape index (κ3) is 8.60. The predicted molar refractivity (Wildman–Crippen MR) is 163 cm³/mol. The van der Waals surface area contributed by atoms with Crippen molar-refractivity contribution in [3.63, 3.8) is 0 Å². The summed E-state index contributed by atoms with van der Waals surface area (Å²) in [4.78, 5) is 36.1. The van der Waals surface area contributed by atoms with E-state index in [1.165, 1.54) is 12.1 Å². The van der Waals surface area contributed by atoms with Crippen molar-refractivity contribution in [2.75, 3.05) is 46.2 Å². The maximum absolute atomic E-state index is 13.0. The summed E-state index contributed by atoms with van der Waals surface area (Å²) in [5, 5.41) is 24.0. The first-order valence-electron chi connectivity index (χ1n) is 14.0. The summed E-state index contributed by atoms with van der Waals surface area (Å²) in [5.74, 6) is -3.73. The van der Waals surface area contributed by atoms with Gasteiger partial charge in [0.25, 0.3) is 5.91 Å². The van der Waals surface area contributed by atoms with Gasteiger partial charge in [-0.15, -0.1) is 0 Å². The van der Waals surface area contributed by atoms with Gasteiger partial charge >= 0.3 is 12.1 Å². The van der Waals surface area contributed by atoms with Crippen LogP contribution in [0.25, 0.3) is 33.4 Å². The maximum Gasteiger partial charge on any atom is 0.490 e. The molecule has 2 aliphatic rings. The van der Waals surface area contributed by atoms with Crippen molar-refractivity contribution in [3.05, 3.63) is 71.1 Å². The van der Waals surface area contributed by atoms with E-state index in [9.17, 15) is 27.9 Å². The lowest BCUT2D eigenvalue weighted by atomic mass is 9.89. The molecule has 0 bridgehead atoms. The molecule has 0 unspecified atom stereocenters. The van der Waals surface area contributed by atoms with Gasteiger partial charge < -0.3 is 35.4 Å². The minimum Gasteiger partial charge on any atom is -0.545 e. The SMILES string of the molecule is CN(C)c1ccc2c(-c3cc(C(=O)NCCCCCN)ccc3C(=O)[O-])c3ccc(=[N+](C)C)cc-3oc2c1.O=C(O)C(F)(F)F. The Morgan fingerprint density at radius 3 is 2.24 bits per heavy atom. The van der Waals surface area contributed by atoms with Crippen molar-refractivity contribution < 1.29 is 42.2 Å². The van der Waals surface area contributed by atoms with Crippen LogP contribution in [0, 0.1) is 0 Å². The van der Waals surface area contributed by atoms with E-state index >= 15 is 0 Å². The van der Waals surface area contributed by atoms with Gasteiger partial charge in [-0.05, 0) is 55.3 Å². The van der Waals surface area contributed by atoms with Crippen molar-refractivity contribution in [1.29, 1.82) is 0 Å². The van der Waals surface area contributed by atoms with Crippen LogP contribution in [-0.2, 0) is 4.79 Å². The number of hydrogen-bond acceptors (Lipinski definition) is 7. The number of carbonyl (C=O) groups is 3.